The number of nitrogens with one attached hydrogen (secondary N) is 1. The number of hydrogen-bond acceptors (Lipinski definition) is 7. The van der Waals surface area contributed by atoms with Crippen molar-refractivity contribution in [2.45, 2.75) is 57.8 Å². The van der Waals surface area contributed by atoms with Gasteiger partial charge in [-0.25, -0.2) is 4.79 Å². The molecule has 0 bridgehead atoms. The Balaban J connectivity index is 1.41. The molecule has 1 saturated heterocycles. The summed E-state index contributed by atoms with van der Waals surface area (Å²) in [5, 5.41) is 3.30. The molecule has 2 aliphatic rings. The molecule has 15 heteroatoms. The van der Waals surface area contributed by atoms with Crippen LogP contribution < -0.4 is 14.8 Å². The molecule has 2 aliphatic heterocycles. The van der Waals surface area contributed by atoms with Crippen molar-refractivity contribution in [3.8, 4) is 11.5 Å². The number of ether oxygens (including phenoxy) is 3. The number of rotatable bonds is 6. The third-order valence-corrected chi connectivity index (χ3v) is 7.44. The minimum atomic E-state index is -5.03. The second kappa shape index (κ2) is 12.6. The molecule has 238 valence electrons. The van der Waals surface area contributed by atoms with Crippen LogP contribution >= 0.6 is 11.8 Å². The van der Waals surface area contributed by atoms with E-state index >= 15 is 0 Å². The zero-order valence-electron chi connectivity index (χ0n) is 24.1. The van der Waals surface area contributed by atoms with Crippen LogP contribution in [0.4, 0.5) is 31.1 Å². The zero-order valence-corrected chi connectivity index (χ0v) is 24.9. The van der Waals surface area contributed by atoms with E-state index in [0.29, 0.717) is 41.2 Å². The van der Waals surface area contributed by atoms with Crippen LogP contribution in [0.3, 0.4) is 0 Å². The van der Waals surface area contributed by atoms with E-state index in [0.717, 1.165) is 17.8 Å². The molecular weight excluding hydrogens is 616 g/mol. The van der Waals surface area contributed by atoms with Crippen LogP contribution in [0.15, 0.2) is 46.3 Å². The summed E-state index contributed by atoms with van der Waals surface area (Å²) < 4.78 is 95.5. The van der Waals surface area contributed by atoms with Gasteiger partial charge in [0.1, 0.15) is 12.2 Å². The number of carbonyl (C=O) groups is 2. The van der Waals surface area contributed by atoms with Crippen molar-refractivity contribution in [2.75, 3.05) is 20.2 Å². The first-order valence-corrected chi connectivity index (χ1v) is 14.1. The van der Waals surface area contributed by atoms with Crippen molar-refractivity contribution in [1.29, 1.82) is 0 Å². The second-order valence-corrected chi connectivity index (χ2v) is 12.0. The van der Waals surface area contributed by atoms with Crippen LogP contribution in [-0.4, -0.2) is 53.9 Å². The highest BCUT2D eigenvalue weighted by atomic mass is 32.2. The van der Waals surface area contributed by atoms with Crippen LogP contribution in [0, 0.1) is 0 Å². The first-order chi connectivity index (χ1) is 20.4. The van der Waals surface area contributed by atoms with Gasteiger partial charge in [-0.2, -0.15) is 31.3 Å². The number of carbonyl (C=O) groups excluding carboxylic acids is 2. The third-order valence-electron chi connectivity index (χ3n) is 6.40. The normalized spacial score (nSPS) is 18.5. The fourth-order valence-corrected chi connectivity index (χ4v) is 5.35. The maximum atomic E-state index is 13.5. The highest BCUT2D eigenvalue weighted by molar-refractivity contribution is 8.18. The molecule has 2 heterocycles. The zero-order chi connectivity index (χ0) is 32.4. The molecule has 1 fully saturated rings. The number of alkyl carbamates (subject to hydrolysis) is 1. The quantitative estimate of drug-likeness (QED) is 0.271. The van der Waals surface area contributed by atoms with Gasteiger partial charge in [-0.1, -0.05) is 12.1 Å². The monoisotopic (exact) mass is 645 g/mol. The smallest absolute Gasteiger partial charge is 0.416 e. The van der Waals surface area contributed by atoms with Gasteiger partial charge in [0.25, 0.3) is 5.91 Å². The highest BCUT2D eigenvalue weighted by Gasteiger charge is 2.38. The molecule has 2 amide bonds. The topological polar surface area (TPSA) is 89.5 Å². The van der Waals surface area contributed by atoms with Crippen molar-refractivity contribution in [3.63, 3.8) is 0 Å². The standard InChI is InChI=1S/C29H29F6N3O5S/c1-27(2,3)43-26(40)36-19-9-10-38(14-19)25-37-24(39)23(44-25)12-16-5-8-21(22(11-16)41-4)42-15-17-6-7-18(28(30,31)32)13-20(17)29(33,34)35/h5-8,11-13,19H,9-10,14-15H2,1-4H3,(H,36,40)/b23-12-. The minimum absolute atomic E-state index is 0.0469. The van der Waals surface area contributed by atoms with Gasteiger partial charge in [0.05, 0.1) is 29.2 Å². The summed E-state index contributed by atoms with van der Waals surface area (Å²) in [4.78, 5) is 31.1. The van der Waals surface area contributed by atoms with E-state index in [1.807, 2.05) is 4.90 Å². The lowest BCUT2D eigenvalue weighted by Gasteiger charge is -2.22. The Hall–Kier alpha value is -3.88. The van der Waals surface area contributed by atoms with Gasteiger partial charge in [-0.15, -0.1) is 0 Å². The molecule has 1 N–H and O–H groups in total. The Morgan fingerprint density at radius 1 is 1.07 bits per heavy atom. The fraction of sp³-hybridized carbons (Fsp3) is 0.414. The maximum Gasteiger partial charge on any atom is 0.416 e. The van der Waals surface area contributed by atoms with Crippen LogP contribution in [0.25, 0.3) is 6.08 Å². The Morgan fingerprint density at radius 3 is 2.43 bits per heavy atom. The van der Waals surface area contributed by atoms with Gasteiger partial charge in [0.2, 0.25) is 0 Å². The molecule has 0 spiro atoms. The van der Waals surface area contributed by atoms with Crippen molar-refractivity contribution in [3.05, 3.63) is 63.6 Å². The van der Waals surface area contributed by atoms with Gasteiger partial charge >= 0.3 is 18.4 Å². The van der Waals surface area contributed by atoms with Crippen molar-refractivity contribution in [1.82, 2.24) is 10.2 Å². The Bertz CT molecular complexity index is 1480. The van der Waals surface area contributed by atoms with Crippen molar-refractivity contribution in [2.24, 2.45) is 4.99 Å². The molecule has 2 aromatic carbocycles. The number of likely N-dealkylation sites (tertiary alicyclic amines) is 1. The van der Waals surface area contributed by atoms with Gasteiger partial charge in [-0.05, 0) is 74.9 Å². The van der Waals surface area contributed by atoms with E-state index in [2.05, 4.69) is 10.3 Å². The van der Waals surface area contributed by atoms with Crippen LogP contribution in [-0.2, 0) is 28.5 Å². The fourth-order valence-electron chi connectivity index (χ4n) is 4.40. The Labute approximate surface area is 253 Å². The number of hydrogen-bond donors (Lipinski definition) is 1. The minimum Gasteiger partial charge on any atom is -0.493 e. The molecule has 1 atom stereocenters. The van der Waals surface area contributed by atoms with E-state index in [9.17, 15) is 35.9 Å². The van der Waals surface area contributed by atoms with E-state index in [4.69, 9.17) is 14.2 Å². The number of thioether (sulfide) groups is 1. The number of nitrogens with zero attached hydrogens (tertiary/aromatic N) is 2. The van der Waals surface area contributed by atoms with Gasteiger partial charge in [-0.3, -0.25) is 4.79 Å². The summed E-state index contributed by atoms with van der Waals surface area (Å²) in [6.07, 6.45) is -8.28. The second-order valence-electron chi connectivity index (χ2n) is 11.0. The first-order valence-electron chi connectivity index (χ1n) is 13.3. The first kappa shape index (κ1) is 33.0. The van der Waals surface area contributed by atoms with Crippen LogP contribution in [0.2, 0.25) is 0 Å². The number of methoxy groups -OCH3 is 1. The molecule has 1 unspecified atom stereocenters. The number of benzene rings is 2. The van der Waals surface area contributed by atoms with E-state index in [1.165, 1.54) is 19.2 Å². The number of amidine groups is 1. The molecule has 0 aliphatic carbocycles. The summed E-state index contributed by atoms with van der Waals surface area (Å²) in [6.45, 7) is 5.65. The number of halogens is 6. The summed E-state index contributed by atoms with van der Waals surface area (Å²) in [5.41, 5.74) is -3.47. The van der Waals surface area contributed by atoms with Crippen LogP contribution in [0.5, 0.6) is 11.5 Å². The molecule has 8 nitrogen and oxygen atoms in total. The molecule has 44 heavy (non-hydrogen) atoms. The van der Waals surface area contributed by atoms with E-state index in [-0.39, 0.29) is 23.6 Å². The number of aliphatic imine (C=N–C) groups is 1. The van der Waals surface area contributed by atoms with Gasteiger partial charge in [0.15, 0.2) is 16.7 Å². The summed E-state index contributed by atoms with van der Waals surface area (Å²) >= 11 is 1.16. The average Bonchev–Trinajstić information content (AvgIpc) is 3.51. The predicted molar refractivity (Wildman–Crippen MR) is 151 cm³/mol. The lowest BCUT2D eigenvalue weighted by Crippen LogP contribution is -2.40. The molecule has 0 aromatic heterocycles. The lowest BCUT2D eigenvalue weighted by atomic mass is 10.0. The summed E-state index contributed by atoms with van der Waals surface area (Å²) in [6, 6.07) is 5.63. The lowest BCUT2D eigenvalue weighted by molar-refractivity contribution is -0.143. The maximum absolute atomic E-state index is 13.5. The Kier molecular flexibility index (Phi) is 9.47. The number of alkyl halides is 6. The molecular formula is C29H29F6N3O5S. The summed E-state index contributed by atoms with van der Waals surface area (Å²) in [7, 11) is 1.31. The highest BCUT2D eigenvalue weighted by Crippen LogP contribution is 2.39. The van der Waals surface area contributed by atoms with Crippen molar-refractivity contribution >= 4 is 35.0 Å². The largest absolute Gasteiger partial charge is 0.493 e. The Morgan fingerprint density at radius 2 is 1.80 bits per heavy atom. The molecule has 2 aromatic rings. The third kappa shape index (κ3) is 8.39. The molecule has 0 radical (unpaired) electrons. The predicted octanol–water partition coefficient (Wildman–Crippen LogP) is 6.88. The molecule has 4 rings (SSSR count). The van der Waals surface area contributed by atoms with Crippen molar-refractivity contribution < 1.29 is 50.1 Å². The van der Waals surface area contributed by atoms with E-state index < -0.39 is 53.3 Å². The SMILES string of the molecule is COc1cc(/C=C2\SC(N3CCC(NC(=O)OC(C)(C)C)C3)=NC2=O)ccc1OCc1ccc(C(F)(F)F)cc1C(F)(F)F. The molecule has 0 saturated carbocycles. The summed E-state index contributed by atoms with van der Waals surface area (Å²) in [5.74, 6) is -0.285. The number of amides is 2. The average molecular weight is 646 g/mol. The van der Waals surface area contributed by atoms with Gasteiger partial charge in [0, 0.05) is 18.7 Å². The van der Waals surface area contributed by atoms with Crippen LogP contribution in [0.1, 0.15) is 49.4 Å². The van der Waals surface area contributed by atoms with E-state index in [1.54, 1.807) is 32.9 Å². The van der Waals surface area contributed by atoms with Gasteiger partial charge < -0.3 is 24.4 Å².